The Morgan fingerprint density at radius 1 is 1.08 bits per heavy atom. The third-order valence-electron chi connectivity index (χ3n) is 8.34. The molecule has 0 aliphatic heterocycles. The van der Waals surface area contributed by atoms with Gasteiger partial charge in [0.15, 0.2) is 5.72 Å². The zero-order chi connectivity index (χ0) is 26.7. The average Bonchev–Trinajstić information content (AvgIpc) is 3.85. The number of aryl methyl sites for hydroxylation is 1. The molecule has 0 saturated heterocycles. The molecule has 3 aliphatic carbocycles. The zero-order valence-corrected chi connectivity index (χ0v) is 22.5. The smallest absolute Gasteiger partial charge is 0.225 e. The second-order valence-corrected chi connectivity index (χ2v) is 12.2. The highest BCUT2D eigenvalue weighted by molar-refractivity contribution is 7.21. The number of fused-ring (bicyclic) bond motifs is 1. The normalized spacial score (nSPS) is 28.1. The fourth-order valence-electron chi connectivity index (χ4n) is 5.84. The lowest BCUT2D eigenvalue weighted by atomic mass is 10.0. The van der Waals surface area contributed by atoms with Crippen LogP contribution in [0.15, 0.2) is 42.6 Å². The van der Waals surface area contributed by atoms with E-state index in [2.05, 4.69) is 39.9 Å². The maximum Gasteiger partial charge on any atom is 0.225 e. The van der Waals surface area contributed by atoms with Crippen LogP contribution in [0.5, 0.6) is 0 Å². The molecule has 4 aromatic rings. The van der Waals surface area contributed by atoms with Crippen molar-refractivity contribution < 1.29 is 15.3 Å². The third-order valence-corrected chi connectivity index (χ3v) is 9.38. The minimum absolute atomic E-state index is 0.189. The fraction of sp³-hybridized carbons (Fsp3) is 0.448. The molecule has 39 heavy (non-hydrogen) atoms. The van der Waals surface area contributed by atoms with E-state index < -0.39 is 17.7 Å². The fourth-order valence-corrected chi connectivity index (χ4v) is 6.91. The summed E-state index contributed by atoms with van der Waals surface area (Å²) < 4.78 is 1.05. The molecule has 0 spiro atoms. The number of rotatable bonds is 8. The second-order valence-electron chi connectivity index (χ2n) is 11.2. The summed E-state index contributed by atoms with van der Waals surface area (Å²) >= 11 is 1.55. The van der Waals surface area contributed by atoms with Crippen LogP contribution in [0.25, 0.3) is 20.8 Å². The van der Waals surface area contributed by atoms with Gasteiger partial charge in [-0.2, -0.15) is 4.98 Å². The summed E-state index contributed by atoms with van der Waals surface area (Å²) in [4.78, 5) is 19.3. The molecule has 0 bridgehead atoms. The first-order valence-electron chi connectivity index (χ1n) is 13.7. The molecule has 5 atom stereocenters. The van der Waals surface area contributed by atoms with Crippen molar-refractivity contribution in [2.24, 2.45) is 5.92 Å². The molecule has 3 aliphatic rings. The van der Waals surface area contributed by atoms with Gasteiger partial charge in [-0.25, -0.2) is 9.97 Å². The van der Waals surface area contributed by atoms with Crippen molar-refractivity contribution in [3.8, 4) is 10.6 Å². The topological polar surface area (TPSA) is 136 Å². The minimum Gasteiger partial charge on any atom is -0.396 e. The highest BCUT2D eigenvalue weighted by atomic mass is 32.1. The standard InChI is InChI=1S/C29H32N6O3S/c1-15-22(27-33-24-21(39-27)10-12-30-23(24)17-7-8-17)26(35-29(38)11-9-18(14-36)25(29)37)34-28(31-15)32-20-13-19(20)16-5-3-2-4-6-16/h2-6,10,12,17-20,25,36-38H,7-9,11,13-14H2,1H3,(H2,31,32,34,35)/t18-,19?,20?,25-,29-/m1/s1. The Balaban J connectivity index is 1.26. The van der Waals surface area contributed by atoms with Crippen molar-refractivity contribution >= 4 is 33.3 Å². The summed E-state index contributed by atoms with van der Waals surface area (Å²) in [5.41, 5.74) is 3.04. The molecule has 5 N–H and O–H groups in total. The van der Waals surface area contributed by atoms with E-state index in [1.54, 1.807) is 11.3 Å². The molecular weight excluding hydrogens is 512 g/mol. The van der Waals surface area contributed by atoms with Crippen LogP contribution in [0.3, 0.4) is 0 Å². The number of benzene rings is 1. The van der Waals surface area contributed by atoms with E-state index >= 15 is 0 Å². The lowest BCUT2D eigenvalue weighted by Crippen LogP contribution is -2.48. The van der Waals surface area contributed by atoms with E-state index in [9.17, 15) is 15.3 Å². The number of anilines is 2. The Labute approximate surface area is 230 Å². The van der Waals surface area contributed by atoms with E-state index in [0.717, 1.165) is 45.9 Å². The summed E-state index contributed by atoms with van der Waals surface area (Å²) in [6.07, 6.45) is 4.77. The Hall–Kier alpha value is -3.18. The number of aliphatic hydroxyl groups is 3. The molecule has 202 valence electrons. The van der Waals surface area contributed by atoms with E-state index in [1.165, 1.54) is 5.56 Å². The Kier molecular flexibility index (Phi) is 6.04. The van der Waals surface area contributed by atoms with E-state index in [1.807, 2.05) is 25.3 Å². The summed E-state index contributed by atoms with van der Waals surface area (Å²) in [5, 5.41) is 39.4. The van der Waals surface area contributed by atoms with Gasteiger partial charge >= 0.3 is 0 Å². The highest BCUT2D eigenvalue weighted by Gasteiger charge is 2.47. The molecule has 1 aromatic carbocycles. The van der Waals surface area contributed by atoms with Crippen molar-refractivity contribution in [1.82, 2.24) is 19.9 Å². The number of aromatic nitrogens is 4. The van der Waals surface area contributed by atoms with E-state index in [4.69, 9.17) is 15.0 Å². The van der Waals surface area contributed by atoms with Gasteiger partial charge in [-0.3, -0.25) is 4.98 Å². The zero-order valence-electron chi connectivity index (χ0n) is 21.7. The molecule has 3 heterocycles. The number of hydrogen-bond donors (Lipinski definition) is 5. The van der Waals surface area contributed by atoms with Crippen molar-refractivity contribution in [2.75, 3.05) is 17.2 Å². The van der Waals surface area contributed by atoms with Crippen molar-refractivity contribution in [1.29, 1.82) is 0 Å². The van der Waals surface area contributed by atoms with Crippen LogP contribution in [-0.4, -0.2) is 59.7 Å². The maximum absolute atomic E-state index is 11.4. The molecule has 0 amide bonds. The van der Waals surface area contributed by atoms with Gasteiger partial charge in [0.1, 0.15) is 22.4 Å². The number of thiazole rings is 1. The van der Waals surface area contributed by atoms with Crippen LogP contribution in [0.1, 0.15) is 60.9 Å². The first kappa shape index (κ1) is 24.8. The number of aliphatic hydroxyl groups excluding tert-OH is 2. The number of hydrogen-bond acceptors (Lipinski definition) is 10. The molecule has 7 rings (SSSR count). The molecule has 3 saturated carbocycles. The predicted molar refractivity (Wildman–Crippen MR) is 151 cm³/mol. The lowest BCUT2D eigenvalue weighted by molar-refractivity contribution is -0.0545. The molecule has 3 fully saturated rings. The summed E-state index contributed by atoms with van der Waals surface area (Å²) in [7, 11) is 0. The van der Waals surface area contributed by atoms with Crippen molar-refractivity contribution in [3.63, 3.8) is 0 Å². The molecule has 3 aromatic heterocycles. The molecule has 10 heteroatoms. The van der Waals surface area contributed by atoms with Crippen LogP contribution in [-0.2, 0) is 0 Å². The van der Waals surface area contributed by atoms with Gasteiger partial charge in [-0.05, 0) is 50.7 Å². The lowest BCUT2D eigenvalue weighted by Gasteiger charge is -2.31. The van der Waals surface area contributed by atoms with Crippen molar-refractivity contribution in [3.05, 3.63) is 59.5 Å². The SMILES string of the molecule is Cc1nc(NC2CC2c2ccccc2)nc(N[C@@]2(O)CC[C@H](CO)[C@H]2O)c1-c1nc2c(C3CC3)nccc2s1. The van der Waals surface area contributed by atoms with Gasteiger partial charge in [0.25, 0.3) is 0 Å². The Morgan fingerprint density at radius 2 is 1.90 bits per heavy atom. The second kappa shape index (κ2) is 9.48. The third kappa shape index (κ3) is 4.55. The van der Waals surface area contributed by atoms with Crippen LogP contribution in [0.4, 0.5) is 11.8 Å². The first-order valence-corrected chi connectivity index (χ1v) is 14.5. The number of nitrogens with zero attached hydrogens (tertiary/aromatic N) is 4. The van der Waals surface area contributed by atoms with Crippen LogP contribution in [0.2, 0.25) is 0 Å². The Morgan fingerprint density at radius 3 is 2.64 bits per heavy atom. The van der Waals surface area contributed by atoms with Gasteiger partial charge in [-0.1, -0.05) is 30.3 Å². The minimum atomic E-state index is -1.62. The van der Waals surface area contributed by atoms with E-state index in [-0.39, 0.29) is 12.6 Å². The molecular formula is C29H32N6O3S. The monoisotopic (exact) mass is 544 g/mol. The van der Waals surface area contributed by atoms with E-state index in [0.29, 0.717) is 42.0 Å². The van der Waals surface area contributed by atoms with Gasteiger partial charge in [0.05, 0.1) is 21.7 Å². The van der Waals surface area contributed by atoms with Crippen LogP contribution >= 0.6 is 11.3 Å². The summed E-state index contributed by atoms with van der Waals surface area (Å²) in [5.74, 6) is 1.35. The molecule has 9 nitrogen and oxygen atoms in total. The van der Waals surface area contributed by atoms with Gasteiger partial charge in [0, 0.05) is 36.6 Å². The first-order chi connectivity index (χ1) is 18.9. The summed E-state index contributed by atoms with van der Waals surface area (Å²) in [6.45, 7) is 1.73. The summed E-state index contributed by atoms with van der Waals surface area (Å²) in [6, 6.07) is 12.6. The van der Waals surface area contributed by atoms with Gasteiger partial charge < -0.3 is 26.0 Å². The largest absolute Gasteiger partial charge is 0.396 e. The number of pyridine rings is 1. The molecule has 2 unspecified atom stereocenters. The predicted octanol–water partition coefficient (Wildman–Crippen LogP) is 4.17. The highest BCUT2D eigenvalue weighted by Crippen LogP contribution is 2.46. The van der Waals surface area contributed by atoms with Crippen LogP contribution in [0, 0.1) is 12.8 Å². The average molecular weight is 545 g/mol. The molecule has 0 radical (unpaired) electrons. The van der Waals surface area contributed by atoms with Crippen LogP contribution < -0.4 is 10.6 Å². The Bertz CT molecular complexity index is 1530. The van der Waals surface area contributed by atoms with Gasteiger partial charge in [-0.15, -0.1) is 11.3 Å². The number of nitrogens with one attached hydrogen (secondary N) is 2. The van der Waals surface area contributed by atoms with Crippen molar-refractivity contribution in [2.45, 2.75) is 68.7 Å². The quantitative estimate of drug-likeness (QED) is 0.207. The maximum atomic E-state index is 11.4. The van der Waals surface area contributed by atoms with Gasteiger partial charge in [0.2, 0.25) is 5.95 Å².